The minimum absolute atomic E-state index is 0.00886. The van der Waals surface area contributed by atoms with Crippen molar-refractivity contribution in [3.05, 3.63) is 24.5 Å². The Morgan fingerprint density at radius 2 is 1.70 bits per heavy atom. The Hall–Kier alpha value is -0.451. The summed E-state index contributed by atoms with van der Waals surface area (Å²) in [5.74, 6) is 1.82. The molecule has 1 fully saturated rings. The number of allylic oxidation sites excluding steroid dienone is 3. The van der Waals surface area contributed by atoms with Gasteiger partial charge in [-0.05, 0) is 0 Å². The van der Waals surface area contributed by atoms with Crippen molar-refractivity contribution >= 4 is 24.8 Å². The first-order valence-electron chi connectivity index (χ1n) is 12.7. The Bertz CT molecular complexity index is 563. The third-order valence-electron chi connectivity index (χ3n) is 7.49. The number of ether oxygens (including phenoxy) is 1. The van der Waals surface area contributed by atoms with Gasteiger partial charge in [-0.3, -0.25) is 0 Å². The van der Waals surface area contributed by atoms with Crippen LogP contribution in [0.15, 0.2) is 24.5 Å². The van der Waals surface area contributed by atoms with Crippen molar-refractivity contribution in [2.24, 2.45) is 17.3 Å². The number of hydrogen-bond donors (Lipinski definition) is 0. The van der Waals surface area contributed by atoms with Crippen LogP contribution in [0, 0.1) is 17.3 Å². The fraction of sp³-hybridized carbons (Fsp3) is 0.808. The average molecular weight is 525 g/mol. The molecule has 2 aliphatic carbocycles. The van der Waals surface area contributed by atoms with E-state index in [1.54, 1.807) is 0 Å². The van der Waals surface area contributed by atoms with Crippen molar-refractivity contribution in [1.82, 2.24) is 0 Å². The van der Waals surface area contributed by atoms with Gasteiger partial charge in [0.1, 0.15) is 0 Å². The minimum atomic E-state index is -2.69. The predicted molar refractivity (Wildman–Crippen MR) is 129 cm³/mol. The van der Waals surface area contributed by atoms with Gasteiger partial charge in [0.2, 0.25) is 0 Å². The molecule has 2 aliphatic rings. The van der Waals surface area contributed by atoms with Gasteiger partial charge < -0.3 is 0 Å². The summed E-state index contributed by atoms with van der Waals surface area (Å²) < 4.78 is 16.8. The monoisotopic (exact) mass is 526 g/mol. The molecule has 2 bridgehead atoms. The van der Waals surface area contributed by atoms with E-state index in [9.17, 15) is 4.79 Å². The quantitative estimate of drug-likeness (QED) is 0.124. The zero-order valence-corrected chi connectivity index (χ0v) is 23.0. The van der Waals surface area contributed by atoms with Crippen LogP contribution < -0.4 is 0 Å². The Kier molecular flexibility index (Phi) is 10.8. The molecular weight excluding hydrogens is 479 g/mol. The third kappa shape index (κ3) is 5.86. The third-order valence-corrected chi connectivity index (χ3v) is 20.3. The standard InChI is InChI=1S/C14H20O3.3C4H9.Sn/c1-3-7-14(13(16)17-4-2)10-5-6-11(14)9-12(15)8-10;3*1-3-4-2;/h3,8,10-11,15H,1,4-7,9H2,2H3;3*1,3-4H2,2H3;/q;;;;+1/p-1/t10-,11+,14-;;;;/m0..../s1. The van der Waals surface area contributed by atoms with Crippen molar-refractivity contribution < 1.29 is 12.6 Å². The van der Waals surface area contributed by atoms with E-state index in [0.717, 1.165) is 25.7 Å². The summed E-state index contributed by atoms with van der Waals surface area (Å²) in [6, 6.07) is 0. The molecule has 0 spiro atoms. The molecule has 4 heteroatoms. The van der Waals surface area contributed by atoms with Crippen LogP contribution in [-0.2, 0) is 12.6 Å². The van der Waals surface area contributed by atoms with Crippen molar-refractivity contribution in [2.75, 3.05) is 6.61 Å². The van der Waals surface area contributed by atoms with Gasteiger partial charge in [-0.15, -0.1) is 0 Å². The number of fused-ring (bicyclic) bond motifs is 2. The topological polar surface area (TPSA) is 35.5 Å². The van der Waals surface area contributed by atoms with E-state index >= 15 is 0 Å². The molecule has 3 nitrogen and oxygen atoms in total. The number of carbonyl (C=O) groups excluding carboxylic acids is 1. The zero-order chi connectivity index (χ0) is 22.0. The van der Waals surface area contributed by atoms with Gasteiger partial charge in [0.25, 0.3) is 0 Å². The molecule has 2 rings (SSSR count). The van der Waals surface area contributed by atoms with Gasteiger partial charge >= 0.3 is 191 Å². The molecule has 1 saturated carbocycles. The van der Waals surface area contributed by atoms with E-state index in [4.69, 9.17) is 7.81 Å². The molecule has 0 saturated heterocycles. The van der Waals surface area contributed by atoms with E-state index < -0.39 is 24.2 Å². The van der Waals surface area contributed by atoms with Crippen LogP contribution in [0.5, 0.6) is 0 Å². The van der Waals surface area contributed by atoms with Gasteiger partial charge in [-0.25, -0.2) is 0 Å². The summed E-state index contributed by atoms with van der Waals surface area (Å²) >= 11 is -2.69. The second kappa shape index (κ2) is 12.6. The molecule has 0 aromatic carbocycles. The first-order valence-corrected chi connectivity index (χ1v) is 19.9. The van der Waals surface area contributed by atoms with Crippen LogP contribution in [0.25, 0.3) is 0 Å². The number of unbranched alkanes of at least 4 members (excludes halogenated alkanes) is 3. The fourth-order valence-corrected chi connectivity index (χ4v) is 19.4. The predicted octanol–water partition coefficient (Wildman–Crippen LogP) is 7.79. The summed E-state index contributed by atoms with van der Waals surface area (Å²) in [6.45, 7) is 13.2. The molecule has 3 atom stereocenters. The van der Waals surface area contributed by atoms with Gasteiger partial charge in [-0.2, -0.15) is 0 Å². The maximum absolute atomic E-state index is 13.1. The van der Waals surface area contributed by atoms with E-state index in [0.29, 0.717) is 12.5 Å². The van der Waals surface area contributed by atoms with Crippen molar-refractivity contribution in [2.45, 2.75) is 105 Å². The summed E-state index contributed by atoms with van der Waals surface area (Å²) in [4.78, 5) is 13.1. The molecule has 0 aromatic rings. The van der Waals surface area contributed by atoms with Crippen molar-refractivity contribution in [3.8, 4) is 0 Å². The second-order valence-corrected chi connectivity index (χ2v) is 21.2. The average Bonchev–Trinajstić information content (AvgIpc) is 2.93. The van der Waals surface area contributed by atoms with Gasteiger partial charge in [0.05, 0.1) is 0 Å². The van der Waals surface area contributed by atoms with Crippen LogP contribution in [0.2, 0.25) is 13.3 Å². The van der Waals surface area contributed by atoms with E-state index in [1.807, 2.05) is 13.0 Å². The molecule has 0 heterocycles. The second-order valence-electron chi connectivity index (χ2n) is 9.57. The van der Waals surface area contributed by atoms with Crippen molar-refractivity contribution in [3.63, 3.8) is 0 Å². The van der Waals surface area contributed by atoms with E-state index in [1.165, 1.54) is 57.6 Å². The Balaban J connectivity index is 2.29. The number of carbonyl (C=O) groups is 1. The molecule has 0 aromatic heterocycles. The van der Waals surface area contributed by atoms with E-state index in [-0.39, 0.29) is 11.9 Å². The van der Waals surface area contributed by atoms with Gasteiger partial charge in [0.15, 0.2) is 0 Å². The van der Waals surface area contributed by atoms with Gasteiger partial charge in [0, 0.05) is 0 Å². The van der Waals surface area contributed by atoms with Crippen LogP contribution in [0.1, 0.15) is 91.9 Å². The normalized spacial score (nSPS) is 25.7. The Morgan fingerprint density at radius 1 is 1.10 bits per heavy atom. The molecular formula is C26H46O3Sn. The molecule has 0 radical (unpaired) electrons. The van der Waals surface area contributed by atoms with Crippen LogP contribution >= 0.6 is 0 Å². The Morgan fingerprint density at radius 3 is 2.17 bits per heavy atom. The number of rotatable bonds is 15. The number of esters is 1. The summed E-state index contributed by atoms with van der Waals surface area (Å²) in [5, 5.41) is 0. The fourth-order valence-electron chi connectivity index (χ4n) is 5.85. The van der Waals surface area contributed by atoms with Crippen LogP contribution in [0.3, 0.4) is 0 Å². The maximum atomic E-state index is 13.1. The molecule has 30 heavy (non-hydrogen) atoms. The molecule has 0 amide bonds. The van der Waals surface area contributed by atoms with Crippen LogP contribution in [-0.4, -0.2) is 31.4 Å². The Labute approximate surface area is 190 Å². The molecule has 0 unspecified atom stereocenters. The number of hydrogen-bond acceptors (Lipinski definition) is 3. The molecule has 0 N–H and O–H groups in total. The SMILES string of the molecule is C=CC[C@@]1(C(=O)OCC)[C@@H]2CC[C@H]1C=C([O][Sn]([CH2]CCC)([CH2]CCC)[CH2]CCC)C2. The van der Waals surface area contributed by atoms with E-state index in [2.05, 4.69) is 33.4 Å². The molecule has 0 aliphatic heterocycles. The summed E-state index contributed by atoms with van der Waals surface area (Å²) in [6.07, 6.45) is 15.8. The van der Waals surface area contributed by atoms with Crippen molar-refractivity contribution in [1.29, 1.82) is 0 Å². The van der Waals surface area contributed by atoms with Crippen LogP contribution in [0.4, 0.5) is 0 Å². The summed E-state index contributed by atoms with van der Waals surface area (Å²) in [7, 11) is 0. The first-order chi connectivity index (χ1) is 14.5. The van der Waals surface area contributed by atoms with Gasteiger partial charge in [-0.1, -0.05) is 0 Å². The zero-order valence-electron chi connectivity index (χ0n) is 20.1. The molecule has 172 valence electrons. The summed E-state index contributed by atoms with van der Waals surface area (Å²) in [5.41, 5.74) is -0.404. The first kappa shape index (κ1) is 25.8.